The number of nitrogens with zero attached hydrogens (tertiary/aromatic N) is 1. The second-order valence-electron chi connectivity index (χ2n) is 8.96. The number of rotatable bonds is 5. The highest BCUT2D eigenvalue weighted by molar-refractivity contribution is 5.85. The lowest BCUT2D eigenvalue weighted by molar-refractivity contribution is -0.131. The van der Waals surface area contributed by atoms with Crippen molar-refractivity contribution in [2.45, 2.75) is 31.8 Å². The van der Waals surface area contributed by atoms with Crippen LogP contribution in [0.2, 0.25) is 0 Å². The second kappa shape index (κ2) is 8.26. The molecule has 166 valence electrons. The fraction of sp³-hybridized carbons (Fsp3) is 0.346. The van der Waals surface area contributed by atoms with Crippen molar-refractivity contribution in [1.29, 1.82) is 0 Å². The molecule has 0 unspecified atom stereocenters. The Hall–Kier alpha value is -2.83. The largest absolute Gasteiger partial charge is 0.478 e. The molecule has 0 bridgehead atoms. The Kier molecular flexibility index (Phi) is 5.43. The maximum Gasteiger partial charge on any atom is 0.328 e. The minimum absolute atomic E-state index is 0.0459. The van der Waals surface area contributed by atoms with Crippen LogP contribution in [-0.2, 0) is 16.0 Å². The quantitative estimate of drug-likeness (QED) is 0.679. The number of carboxylic acid groups (broad SMARTS) is 1. The Morgan fingerprint density at radius 1 is 1.22 bits per heavy atom. The molecule has 5 rings (SSSR count). The van der Waals surface area contributed by atoms with Crippen LogP contribution in [0.15, 0.2) is 48.0 Å². The normalized spacial score (nSPS) is 23.3. The van der Waals surface area contributed by atoms with Crippen molar-refractivity contribution in [2.24, 2.45) is 5.92 Å². The number of carbonyl (C=O) groups is 1. The third kappa shape index (κ3) is 3.67. The molecule has 6 heteroatoms. The monoisotopic (exact) mass is 437 g/mol. The number of aliphatic carboxylic acids is 1. The van der Waals surface area contributed by atoms with Crippen LogP contribution in [0.5, 0.6) is 0 Å². The van der Waals surface area contributed by atoms with Gasteiger partial charge in [0.25, 0.3) is 0 Å². The summed E-state index contributed by atoms with van der Waals surface area (Å²) in [4.78, 5) is 13.0. The van der Waals surface area contributed by atoms with Gasteiger partial charge in [-0.3, -0.25) is 4.90 Å². The van der Waals surface area contributed by atoms with Gasteiger partial charge in [-0.05, 0) is 65.8 Å². The topological polar surface area (TPSA) is 49.8 Å². The summed E-state index contributed by atoms with van der Waals surface area (Å²) in [6.07, 6.45) is 3.62. The Balaban J connectivity index is 1.61. The number of benzene rings is 2. The molecule has 1 aliphatic carbocycles. The Morgan fingerprint density at radius 2 is 1.94 bits per heavy atom. The number of halogens is 2. The van der Waals surface area contributed by atoms with E-state index in [1.165, 1.54) is 34.9 Å². The minimum Gasteiger partial charge on any atom is -0.478 e. The van der Waals surface area contributed by atoms with Gasteiger partial charge in [-0.25, -0.2) is 13.6 Å². The Morgan fingerprint density at radius 3 is 2.59 bits per heavy atom. The number of hydrogen-bond acceptors (Lipinski definition) is 3. The van der Waals surface area contributed by atoms with E-state index in [1.807, 2.05) is 12.1 Å². The van der Waals surface area contributed by atoms with Crippen LogP contribution < -0.4 is 0 Å². The average Bonchev–Trinajstić information content (AvgIpc) is 3.08. The lowest BCUT2D eigenvalue weighted by Crippen LogP contribution is -2.47. The summed E-state index contributed by atoms with van der Waals surface area (Å²) in [5, 5.41) is 8.84. The molecule has 1 saturated heterocycles. The zero-order valence-corrected chi connectivity index (χ0v) is 17.9. The lowest BCUT2D eigenvalue weighted by atomic mass is 9.83. The molecule has 2 aromatic rings. The maximum atomic E-state index is 15.4. The molecular weight excluding hydrogens is 412 g/mol. The fourth-order valence-electron chi connectivity index (χ4n) is 5.27. The molecule has 0 aromatic heterocycles. The molecule has 4 nitrogen and oxygen atoms in total. The van der Waals surface area contributed by atoms with Crippen LogP contribution >= 0.6 is 0 Å². The SMILES string of the molecule is C[C@@H]1CC2=C(Cc3ccccc32)[C@@H](c2c(F)cc(/C=C/C(=O)O)cc2F)N1CC1COC1. The summed E-state index contributed by atoms with van der Waals surface area (Å²) >= 11 is 0. The van der Waals surface area contributed by atoms with Crippen molar-refractivity contribution in [3.05, 3.63) is 81.9 Å². The van der Waals surface area contributed by atoms with E-state index in [0.717, 1.165) is 24.6 Å². The van der Waals surface area contributed by atoms with Gasteiger partial charge in [0.2, 0.25) is 0 Å². The molecule has 0 amide bonds. The number of ether oxygens (including phenoxy) is 1. The highest BCUT2D eigenvalue weighted by Crippen LogP contribution is 2.49. The summed E-state index contributed by atoms with van der Waals surface area (Å²) < 4.78 is 36.2. The molecular formula is C26H25F2NO3. The molecule has 1 N–H and O–H groups in total. The van der Waals surface area contributed by atoms with E-state index in [0.29, 0.717) is 25.6 Å². The number of hydrogen-bond donors (Lipinski definition) is 1. The zero-order valence-electron chi connectivity index (χ0n) is 17.9. The summed E-state index contributed by atoms with van der Waals surface area (Å²) in [5.41, 5.74) is 4.89. The first kappa shape index (κ1) is 21.0. The first-order chi connectivity index (χ1) is 15.4. The highest BCUT2D eigenvalue weighted by Gasteiger charge is 2.42. The summed E-state index contributed by atoms with van der Waals surface area (Å²) in [6, 6.07) is 10.3. The van der Waals surface area contributed by atoms with E-state index < -0.39 is 23.6 Å². The van der Waals surface area contributed by atoms with E-state index in [4.69, 9.17) is 9.84 Å². The van der Waals surface area contributed by atoms with E-state index in [9.17, 15) is 4.79 Å². The average molecular weight is 437 g/mol. The number of fused-ring (bicyclic) bond motifs is 2. The van der Waals surface area contributed by atoms with Crippen LogP contribution in [0.25, 0.3) is 11.6 Å². The maximum absolute atomic E-state index is 15.4. The smallest absolute Gasteiger partial charge is 0.328 e. The predicted octanol–water partition coefficient (Wildman–Crippen LogP) is 4.85. The van der Waals surface area contributed by atoms with Crippen molar-refractivity contribution in [3.63, 3.8) is 0 Å². The molecule has 32 heavy (non-hydrogen) atoms. The molecule has 2 heterocycles. The van der Waals surface area contributed by atoms with Gasteiger partial charge in [-0.1, -0.05) is 24.3 Å². The minimum atomic E-state index is -1.16. The lowest BCUT2D eigenvalue weighted by Gasteiger charge is -2.45. The van der Waals surface area contributed by atoms with Gasteiger partial charge in [-0.15, -0.1) is 0 Å². The predicted molar refractivity (Wildman–Crippen MR) is 118 cm³/mol. The molecule has 2 aromatic carbocycles. The van der Waals surface area contributed by atoms with Crippen molar-refractivity contribution in [1.82, 2.24) is 4.90 Å². The van der Waals surface area contributed by atoms with Gasteiger partial charge >= 0.3 is 5.97 Å². The van der Waals surface area contributed by atoms with Gasteiger partial charge in [0, 0.05) is 30.1 Å². The molecule has 3 aliphatic rings. The standard InChI is InChI=1S/C26H25F2NO3/c1-15-8-20-19-5-3-2-4-18(19)11-21(20)26(29(15)12-17-13-32-14-17)25-22(27)9-16(10-23(25)28)6-7-24(30)31/h2-7,9-10,15,17,26H,8,11-14H2,1H3,(H,30,31)/b7-6+/t15-,26+/m1/s1. The van der Waals surface area contributed by atoms with E-state index in [1.54, 1.807) is 0 Å². The fourth-order valence-corrected chi connectivity index (χ4v) is 5.27. The molecule has 2 atom stereocenters. The summed E-state index contributed by atoms with van der Waals surface area (Å²) in [6.45, 7) is 4.19. The van der Waals surface area contributed by atoms with Crippen molar-refractivity contribution in [3.8, 4) is 0 Å². The van der Waals surface area contributed by atoms with Gasteiger partial charge in [0.05, 0.1) is 19.3 Å². The van der Waals surface area contributed by atoms with Crippen molar-refractivity contribution in [2.75, 3.05) is 19.8 Å². The van der Waals surface area contributed by atoms with Crippen LogP contribution in [-0.4, -0.2) is 41.8 Å². The molecule has 0 saturated carbocycles. The highest BCUT2D eigenvalue weighted by atomic mass is 19.1. The molecule has 0 radical (unpaired) electrons. The van der Waals surface area contributed by atoms with Crippen LogP contribution in [0.3, 0.4) is 0 Å². The van der Waals surface area contributed by atoms with Crippen molar-refractivity contribution >= 4 is 17.6 Å². The van der Waals surface area contributed by atoms with Crippen LogP contribution in [0.1, 0.15) is 41.6 Å². The van der Waals surface area contributed by atoms with E-state index >= 15 is 8.78 Å². The molecule has 0 spiro atoms. The van der Waals surface area contributed by atoms with Gasteiger partial charge < -0.3 is 9.84 Å². The third-order valence-electron chi connectivity index (χ3n) is 6.81. The van der Waals surface area contributed by atoms with Crippen LogP contribution in [0, 0.1) is 17.6 Å². The Labute approximate surface area is 185 Å². The second-order valence-corrected chi connectivity index (χ2v) is 8.96. The van der Waals surface area contributed by atoms with Crippen LogP contribution in [0.4, 0.5) is 8.78 Å². The number of carboxylic acids is 1. The first-order valence-electron chi connectivity index (χ1n) is 11.0. The Bertz CT molecular complexity index is 1110. The van der Waals surface area contributed by atoms with Crippen molar-refractivity contribution < 1.29 is 23.4 Å². The summed E-state index contributed by atoms with van der Waals surface area (Å²) in [5.74, 6) is -2.10. The third-order valence-corrected chi connectivity index (χ3v) is 6.81. The molecule has 2 aliphatic heterocycles. The summed E-state index contributed by atoms with van der Waals surface area (Å²) in [7, 11) is 0. The van der Waals surface area contributed by atoms with Gasteiger partial charge in [-0.2, -0.15) is 0 Å². The van der Waals surface area contributed by atoms with E-state index in [-0.39, 0.29) is 17.2 Å². The first-order valence-corrected chi connectivity index (χ1v) is 11.0. The molecule has 1 fully saturated rings. The zero-order chi connectivity index (χ0) is 22.4. The van der Waals surface area contributed by atoms with Gasteiger partial charge in [0.15, 0.2) is 0 Å². The van der Waals surface area contributed by atoms with Gasteiger partial charge in [0.1, 0.15) is 11.6 Å². The van der Waals surface area contributed by atoms with E-state index in [2.05, 4.69) is 24.0 Å².